The van der Waals surface area contributed by atoms with Gasteiger partial charge in [-0.2, -0.15) is 0 Å². The lowest BCUT2D eigenvalue weighted by Crippen LogP contribution is -2.41. The van der Waals surface area contributed by atoms with Gasteiger partial charge < -0.3 is 10.6 Å². The summed E-state index contributed by atoms with van der Waals surface area (Å²) in [5, 5.41) is 0.940. The zero-order chi connectivity index (χ0) is 11.5. The molecule has 1 unspecified atom stereocenters. The van der Waals surface area contributed by atoms with Crippen molar-refractivity contribution in [2.75, 3.05) is 19.6 Å². The van der Waals surface area contributed by atoms with Crippen LogP contribution in [0.1, 0.15) is 27.5 Å². The van der Waals surface area contributed by atoms with Gasteiger partial charge in [0.15, 0.2) is 0 Å². The molecule has 1 aromatic heterocycles. The molecule has 0 aliphatic carbocycles. The van der Waals surface area contributed by atoms with Gasteiger partial charge in [-0.25, -0.2) is 4.98 Å². The summed E-state index contributed by atoms with van der Waals surface area (Å²) in [7, 11) is 0. The quantitative estimate of drug-likeness (QED) is 0.845. The van der Waals surface area contributed by atoms with Gasteiger partial charge in [0.2, 0.25) is 0 Å². The minimum atomic E-state index is 0.115. The third-order valence-corrected chi connectivity index (χ3v) is 3.87. The molecule has 0 radical (unpaired) electrons. The highest BCUT2D eigenvalue weighted by Crippen LogP contribution is 2.20. The molecule has 1 atom stereocenters. The van der Waals surface area contributed by atoms with Crippen LogP contribution in [-0.4, -0.2) is 35.4 Å². The molecule has 1 aromatic rings. The van der Waals surface area contributed by atoms with Crippen molar-refractivity contribution in [3.8, 4) is 0 Å². The number of piperidine rings is 1. The fraction of sp³-hybridized carbons (Fsp3) is 0.636. The van der Waals surface area contributed by atoms with Crippen LogP contribution in [-0.2, 0) is 0 Å². The number of thiazole rings is 1. The molecule has 1 fully saturated rings. The van der Waals surface area contributed by atoms with Gasteiger partial charge in [0.1, 0.15) is 4.88 Å². The van der Waals surface area contributed by atoms with Gasteiger partial charge in [-0.3, -0.25) is 4.79 Å². The normalized spacial score (nSPS) is 21.1. The number of rotatable bonds is 2. The monoisotopic (exact) mass is 239 g/mol. The Labute approximate surface area is 99.5 Å². The standard InChI is InChI=1S/C11H17N3OS/c1-8-13-6-10(16-8)11(15)14-4-2-3-9(5-12)7-14/h6,9H,2-5,7,12H2,1H3. The van der Waals surface area contributed by atoms with E-state index in [1.54, 1.807) is 6.20 Å². The molecule has 5 heteroatoms. The largest absolute Gasteiger partial charge is 0.338 e. The topological polar surface area (TPSA) is 59.2 Å². The van der Waals surface area contributed by atoms with Crippen molar-refractivity contribution in [2.45, 2.75) is 19.8 Å². The molecule has 16 heavy (non-hydrogen) atoms. The number of aryl methyl sites for hydroxylation is 1. The predicted octanol–water partition coefficient (Wildman–Crippen LogP) is 1.26. The van der Waals surface area contributed by atoms with Crippen LogP contribution >= 0.6 is 11.3 Å². The average Bonchev–Trinajstić information content (AvgIpc) is 2.75. The van der Waals surface area contributed by atoms with Crippen molar-refractivity contribution in [3.05, 3.63) is 16.1 Å². The maximum atomic E-state index is 12.1. The molecule has 4 nitrogen and oxygen atoms in total. The second-order valence-electron chi connectivity index (χ2n) is 4.24. The second-order valence-corrected chi connectivity index (χ2v) is 5.47. The van der Waals surface area contributed by atoms with Crippen molar-refractivity contribution in [1.29, 1.82) is 0 Å². The molecule has 2 rings (SSSR count). The van der Waals surface area contributed by atoms with E-state index in [0.29, 0.717) is 12.5 Å². The number of carbonyl (C=O) groups excluding carboxylic acids is 1. The molecule has 1 aliphatic rings. The van der Waals surface area contributed by atoms with Crippen LogP contribution in [0, 0.1) is 12.8 Å². The van der Waals surface area contributed by atoms with E-state index in [1.807, 2.05) is 11.8 Å². The molecule has 1 saturated heterocycles. The Bertz CT molecular complexity index is 377. The van der Waals surface area contributed by atoms with E-state index >= 15 is 0 Å². The van der Waals surface area contributed by atoms with Crippen molar-refractivity contribution in [1.82, 2.24) is 9.88 Å². The third-order valence-electron chi connectivity index (χ3n) is 2.97. The first-order valence-corrected chi connectivity index (χ1v) is 6.44. The highest BCUT2D eigenvalue weighted by molar-refractivity contribution is 7.13. The summed E-state index contributed by atoms with van der Waals surface area (Å²) < 4.78 is 0. The summed E-state index contributed by atoms with van der Waals surface area (Å²) in [6.07, 6.45) is 3.88. The number of hydrogen-bond donors (Lipinski definition) is 1. The molecule has 0 spiro atoms. The van der Waals surface area contributed by atoms with E-state index in [2.05, 4.69) is 4.98 Å². The minimum absolute atomic E-state index is 0.115. The van der Waals surface area contributed by atoms with Crippen molar-refractivity contribution in [3.63, 3.8) is 0 Å². The Morgan fingerprint density at radius 1 is 1.75 bits per heavy atom. The van der Waals surface area contributed by atoms with E-state index in [-0.39, 0.29) is 5.91 Å². The van der Waals surface area contributed by atoms with Crippen LogP contribution in [0.15, 0.2) is 6.20 Å². The van der Waals surface area contributed by atoms with Crippen LogP contribution in [0.4, 0.5) is 0 Å². The molecule has 0 bridgehead atoms. The van der Waals surface area contributed by atoms with E-state index in [9.17, 15) is 4.79 Å². The Morgan fingerprint density at radius 3 is 3.19 bits per heavy atom. The van der Waals surface area contributed by atoms with Crippen molar-refractivity contribution < 1.29 is 4.79 Å². The van der Waals surface area contributed by atoms with Crippen molar-refractivity contribution in [2.24, 2.45) is 11.7 Å². The van der Waals surface area contributed by atoms with Crippen LogP contribution in [0.5, 0.6) is 0 Å². The number of likely N-dealkylation sites (tertiary alicyclic amines) is 1. The summed E-state index contributed by atoms with van der Waals surface area (Å²) in [4.78, 5) is 18.9. The lowest BCUT2D eigenvalue weighted by atomic mass is 9.98. The summed E-state index contributed by atoms with van der Waals surface area (Å²) in [5.41, 5.74) is 5.66. The van der Waals surface area contributed by atoms with E-state index in [4.69, 9.17) is 5.73 Å². The first-order valence-electron chi connectivity index (χ1n) is 5.62. The number of hydrogen-bond acceptors (Lipinski definition) is 4. The summed E-state index contributed by atoms with van der Waals surface area (Å²) in [6, 6.07) is 0. The second kappa shape index (κ2) is 4.93. The van der Waals surface area contributed by atoms with Gasteiger partial charge in [0.05, 0.1) is 11.2 Å². The molecule has 2 heterocycles. The highest BCUT2D eigenvalue weighted by atomic mass is 32.1. The summed E-state index contributed by atoms with van der Waals surface area (Å²) in [6.45, 7) is 4.24. The maximum Gasteiger partial charge on any atom is 0.265 e. The number of nitrogens with zero attached hydrogens (tertiary/aromatic N) is 2. The smallest absolute Gasteiger partial charge is 0.265 e. The van der Waals surface area contributed by atoms with Gasteiger partial charge in [0.25, 0.3) is 5.91 Å². The first kappa shape index (κ1) is 11.5. The molecule has 1 aliphatic heterocycles. The van der Waals surface area contributed by atoms with Crippen LogP contribution in [0.3, 0.4) is 0 Å². The van der Waals surface area contributed by atoms with Crippen LogP contribution < -0.4 is 5.73 Å². The Kier molecular flexibility index (Phi) is 3.56. The van der Waals surface area contributed by atoms with E-state index < -0.39 is 0 Å². The SMILES string of the molecule is Cc1ncc(C(=O)N2CCCC(CN)C2)s1. The molecule has 0 aromatic carbocycles. The molecular formula is C11H17N3OS. The van der Waals surface area contributed by atoms with E-state index in [1.165, 1.54) is 11.3 Å². The molecule has 0 saturated carbocycles. The summed E-state index contributed by atoms with van der Waals surface area (Å²) >= 11 is 1.46. The fourth-order valence-corrected chi connectivity index (χ4v) is 2.80. The number of amides is 1. The lowest BCUT2D eigenvalue weighted by molar-refractivity contribution is 0.0683. The Balaban J connectivity index is 2.04. The third kappa shape index (κ3) is 2.41. The zero-order valence-electron chi connectivity index (χ0n) is 9.48. The van der Waals surface area contributed by atoms with Gasteiger partial charge >= 0.3 is 0 Å². The number of aromatic nitrogens is 1. The molecule has 1 amide bonds. The Hall–Kier alpha value is -0.940. The van der Waals surface area contributed by atoms with Crippen molar-refractivity contribution >= 4 is 17.2 Å². The predicted molar refractivity (Wildman–Crippen MR) is 64.5 cm³/mol. The van der Waals surface area contributed by atoms with Crippen LogP contribution in [0.25, 0.3) is 0 Å². The maximum absolute atomic E-state index is 12.1. The lowest BCUT2D eigenvalue weighted by Gasteiger charge is -2.31. The minimum Gasteiger partial charge on any atom is -0.338 e. The zero-order valence-corrected chi connectivity index (χ0v) is 10.3. The van der Waals surface area contributed by atoms with Gasteiger partial charge in [-0.1, -0.05) is 0 Å². The molecule has 2 N–H and O–H groups in total. The molecular weight excluding hydrogens is 222 g/mol. The first-order chi connectivity index (χ1) is 7.70. The number of carbonyl (C=O) groups is 1. The van der Waals surface area contributed by atoms with Gasteiger partial charge in [-0.15, -0.1) is 11.3 Å². The number of nitrogens with two attached hydrogens (primary N) is 1. The highest BCUT2D eigenvalue weighted by Gasteiger charge is 2.24. The average molecular weight is 239 g/mol. The fourth-order valence-electron chi connectivity index (χ4n) is 2.06. The summed E-state index contributed by atoms with van der Waals surface area (Å²) in [5.74, 6) is 0.579. The van der Waals surface area contributed by atoms with Gasteiger partial charge in [-0.05, 0) is 32.2 Å². The Morgan fingerprint density at radius 2 is 2.56 bits per heavy atom. The van der Waals surface area contributed by atoms with E-state index in [0.717, 1.165) is 35.8 Å². The molecule has 88 valence electrons. The van der Waals surface area contributed by atoms with Gasteiger partial charge in [0, 0.05) is 13.1 Å². The van der Waals surface area contributed by atoms with Crippen LogP contribution in [0.2, 0.25) is 0 Å².